The average Bonchev–Trinajstić information content (AvgIpc) is 2.55. The fourth-order valence-corrected chi connectivity index (χ4v) is 1.91. The minimum Gasteiger partial charge on any atom is -0.478 e. The fourth-order valence-electron chi connectivity index (χ4n) is 1.91. The highest BCUT2D eigenvalue weighted by Gasteiger charge is 2.20. The van der Waals surface area contributed by atoms with E-state index < -0.39 is 5.97 Å². The lowest BCUT2D eigenvalue weighted by Gasteiger charge is -2.04. The van der Waals surface area contributed by atoms with Crippen LogP contribution in [0.3, 0.4) is 0 Å². The average molecular weight is 217 g/mol. The smallest absolute Gasteiger partial charge is 0.335 e. The van der Waals surface area contributed by atoms with Crippen molar-refractivity contribution in [3.8, 4) is 0 Å². The summed E-state index contributed by atoms with van der Waals surface area (Å²) in [5, 5.41) is 13.3. The molecule has 0 spiro atoms. The lowest BCUT2D eigenvalue weighted by molar-refractivity contribution is 0.0697. The van der Waals surface area contributed by atoms with Crippen molar-refractivity contribution in [1.82, 2.24) is 5.32 Å². The molecule has 0 bridgehead atoms. The van der Waals surface area contributed by atoms with Gasteiger partial charge in [-0.1, -0.05) is 0 Å². The molecule has 0 fully saturated rings. The van der Waals surface area contributed by atoms with Crippen LogP contribution in [-0.2, 0) is 0 Å². The highest BCUT2D eigenvalue weighted by molar-refractivity contribution is 5.92. The summed E-state index contributed by atoms with van der Waals surface area (Å²) in [6.45, 7) is 2.46. The molecular formula is C12H13N2O2. The molecule has 1 heterocycles. The summed E-state index contributed by atoms with van der Waals surface area (Å²) < 4.78 is 0. The van der Waals surface area contributed by atoms with Gasteiger partial charge in [0.05, 0.1) is 11.3 Å². The molecule has 0 atom stereocenters. The summed E-state index contributed by atoms with van der Waals surface area (Å²) in [6, 6.07) is 4.98. The second-order valence-corrected chi connectivity index (χ2v) is 3.75. The molecule has 1 radical (unpaired) electrons. The summed E-state index contributed by atoms with van der Waals surface area (Å²) in [7, 11) is 0. The number of carboxylic acids is 1. The van der Waals surface area contributed by atoms with E-state index in [4.69, 9.17) is 10.8 Å². The van der Waals surface area contributed by atoms with Crippen LogP contribution in [0.15, 0.2) is 23.9 Å². The monoisotopic (exact) mass is 217 g/mol. The second-order valence-electron chi connectivity index (χ2n) is 3.75. The Bertz CT molecular complexity index is 478. The highest BCUT2D eigenvalue weighted by atomic mass is 16.4. The van der Waals surface area contributed by atoms with Gasteiger partial charge in [0.1, 0.15) is 0 Å². The van der Waals surface area contributed by atoms with Gasteiger partial charge in [0, 0.05) is 11.3 Å². The van der Waals surface area contributed by atoms with Crippen LogP contribution >= 0.6 is 0 Å². The number of carbonyl (C=O) groups is 1. The number of rotatable bonds is 3. The van der Waals surface area contributed by atoms with E-state index in [1.807, 2.05) is 6.92 Å². The Hall–Kier alpha value is -1.81. The van der Waals surface area contributed by atoms with Gasteiger partial charge in [-0.2, -0.15) is 0 Å². The van der Waals surface area contributed by atoms with Gasteiger partial charge < -0.3 is 10.8 Å². The number of benzene rings is 1. The number of fused-ring (bicyclic) bond motifs is 1. The molecule has 1 aromatic rings. The van der Waals surface area contributed by atoms with Crippen LogP contribution in [0.1, 0.15) is 29.3 Å². The zero-order valence-corrected chi connectivity index (χ0v) is 9.03. The largest absolute Gasteiger partial charge is 0.478 e. The third-order valence-corrected chi connectivity index (χ3v) is 2.69. The molecular weight excluding hydrogens is 204 g/mol. The predicted molar refractivity (Wildman–Crippen MR) is 61.5 cm³/mol. The fraction of sp³-hybridized carbons (Fsp3) is 0.250. The highest BCUT2D eigenvalue weighted by Crippen LogP contribution is 2.36. The summed E-state index contributed by atoms with van der Waals surface area (Å²) >= 11 is 0. The van der Waals surface area contributed by atoms with Gasteiger partial charge in [-0.05, 0) is 43.7 Å². The zero-order valence-electron chi connectivity index (χ0n) is 9.03. The molecule has 0 saturated heterocycles. The number of hydrogen-bond donors (Lipinski definition) is 2. The topological polar surface area (TPSA) is 77.4 Å². The molecule has 2 rings (SSSR count). The Kier molecular flexibility index (Phi) is 2.66. The molecule has 0 amide bonds. The van der Waals surface area contributed by atoms with E-state index in [1.54, 1.807) is 18.2 Å². The minimum absolute atomic E-state index is 0.290. The SMILES string of the molecule is CC1=C(CCN)c2cc(C(=O)O)ccc2[N]1. The Morgan fingerprint density at radius 1 is 1.50 bits per heavy atom. The Labute approximate surface area is 93.8 Å². The van der Waals surface area contributed by atoms with Gasteiger partial charge in [0.25, 0.3) is 0 Å². The quantitative estimate of drug-likeness (QED) is 0.809. The van der Waals surface area contributed by atoms with E-state index in [0.29, 0.717) is 6.54 Å². The maximum atomic E-state index is 10.9. The van der Waals surface area contributed by atoms with Crippen LogP contribution in [0.5, 0.6) is 0 Å². The first-order valence-corrected chi connectivity index (χ1v) is 5.12. The molecule has 0 saturated carbocycles. The molecule has 83 valence electrons. The van der Waals surface area contributed by atoms with Crippen molar-refractivity contribution in [2.24, 2.45) is 5.73 Å². The number of allylic oxidation sites excluding steroid dienone is 1. The van der Waals surface area contributed by atoms with E-state index in [0.717, 1.165) is 28.9 Å². The van der Waals surface area contributed by atoms with Crippen LogP contribution in [-0.4, -0.2) is 17.6 Å². The van der Waals surface area contributed by atoms with Gasteiger partial charge in [-0.3, -0.25) is 5.32 Å². The third kappa shape index (κ3) is 1.67. The van der Waals surface area contributed by atoms with Gasteiger partial charge in [0.2, 0.25) is 0 Å². The Balaban J connectivity index is 2.46. The lowest BCUT2D eigenvalue weighted by atomic mass is 10.0. The number of hydrogen-bond acceptors (Lipinski definition) is 2. The minimum atomic E-state index is -0.917. The van der Waals surface area contributed by atoms with E-state index in [9.17, 15) is 4.79 Å². The van der Waals surface area contributed by atoms with Crippen LogP contribution in [0.2, 0.25) is 0 Å². The molecule has 3 N–H and O–H groups in total. The van der Waals surface area contributed by atoms with Crippen molar-refractivity contribution >= 4 is 17.2 Å². The van der Waals surface area contributed by atoms with Crippen molar-refractivity contribution in [2.45, 2.75) is 13.3 Å². The number of nitrogens with zero attached hydrogens (tertiary/aromatic N) is 1. The predicted octanol–water partition coefficient (Wildman–Crippen LogP) is 1.71. The molecule has 1 aromatic carbocycles. The van der Waals surface area contributed by atoms with Crippen LogP contribution in [0, 0.1) is 0 Å². The van der Waals surface area contributed by atoms with Crippen molar-refractivity contribution in [1.29, 1.82) is 0 Å². The van der Waals surface area contributed by atoms with Crippen molar-refractivity contribution in [3.63, 3.8) is 0 Å². The van der Waals surface area contributed by atoms with Crippen molar-refractivity contribution < 1.29 is 9.90 Å². The summed E-state index contributed by atoms with van der Waals surface area (Å²) in [5.74, 6) is -0.917. The van der Waals surface area contributed by atoms with Gasteiger partial charge >= 0.3 is 5.97 Å². The lowest BCUT2D eigenvalue weighted by Crippen LogP contribution is -2.01. The maximum Gasteiger partial charge on any atom is 0.335 e. The van der Waals surface area contributed by atoms with E-state index in [1.165, 1.54) is 0 Å². The first-order chi connectivity index (χ1) is 7.63. The van der Waals surface area contributed by atoms with Gasteiger partial charge in [-0.25, -0.2) is 4.79 Å². The molecule has 16 heavy (non-hydrogen) atoms. The maximum absolute atomic E-state index is 10.9. The Morgan fingerprint density at radius 3 is 2.88 bits per heavy atom. The first kappa shape index (κ1) is 10.7. The van der Waals surface area contributed by atoms with Gasteiger partial charge in [-0.15, -0.1) is 0 Å². The molecule has 1 aliphatic heterocycles. The molecule has 0 aliphatic carbocycles. The van der Waals surface area contributed by atoms with E-state index >= 15 is 0 Å². The Morgan fingerprint density at radius 2 is 2.25 bits per heavy atom. The van der Waals surface area contributed by atoms with E-state index in [-0.39, 0.29) is 5.56 Å². The van der Waals surface area contributed by atoms with E-state index in [2.05, 4.69) is 5.32 Å². The van der Waals surface area contributed by atoms with Crippen molar-refractivity contribution in [3.05, 3.63) is 35.0 Å². The van der Waals surface area contributed by atoms with Crippen LogP contribution in [0.25, 0.3) is 5.57 Å². The third-order valence-electron chi connectivity index (χ3n) is 2.69. The standard InChI is InChI=1S/C12H13N2O2/c1-7-9(4-5-13)10-6-8(12(15)16)2-3-11(10)14-7/h2-3,6H,4-5,13H2,1H3,(H,15,16). The second kappa shape index (κ2) is 3.98. The summed E-state index contributed by atoms with van der Waals surface area (Å²) in [6.07, 6.45) is 0.728. The molecule has 1 aliphatic rings. The van der Waals surface area contributed by atoms with Crippen molar-refractivity contribution in [2.75, 3.05) is 6.54 Å². The number of aromatic carboxylic acids is 1. The van der Waals surface area contributed by atoms with Crippen LogP contribution in [0.4, 0.5) is 5.69 Å². The number of nitrogens with two attached hydrogens (primary N) is 1. The normalized spacial score (nSPS) is 13.6. The summed E-state index contributed by atoms with van der Waals surface area (Å²) in [4.78, 5) is 10.9. The molecule has 4 nitrogen and oxygen atoms in total. The summed E-state index contributed by atoms with van der Waals surface area (Å²) in [5.41, 5.74) is 9.56. The number of carboxylic acid groups (broad SMARTS) is 1. The zero-order chi connectivity index (χ0) is 11.7. The van der Waals surface area contributed by atoms with Gasteiger partial charge in [0.15, 0.2) is 0 Å². The van der Waals surface area contributed by atoms with Crippen LogP contribution < -0.4 is 11.1 Å². The molecule has 0 unspecified atom stereocenters. The first-order valence-electron chi connectivity index (χ1n) is 5.12. The molecule has 0 aromatic heterocycles. The molecule has 4 heteroatoms.